The molecule has 0 rings (SSSR count). The molecule has 0 bridgehead atoms. The summed E-state index contributed by atoms with van der Waals surface area (Å²) in [6.07, 6.45) is -4.25. The molecule has 0 saturated carbocycles. The topological polar surface area (TPSA) is 126 Å². The van der Waals surface area contributed by atoms with Gasteiger partial charge in [0.1, 0.15) is 0 Å². The van der Waals surface area contributed by atoms with Gasteiger partial charge in [-0.3, -0.25) is 0 Å². The van der Waals surface area contributed by atoms with Crippen LogP contribution in [-0.4, -0.2) is 12.3 Å². The van der Waals surface area contributed by atoms with Crippen molar-refractivity contribution in [1.29, 1.82) is 0 Å². The first-order chi connectivity index (χ1) is 3.13. The van der Waals surface area contributed by atoms with Crippen molar-refractivity contribution in [1.82, 2.24) is 6.15 Å². The zero-order chi connectivity index (χ0) is 5.86. The van der Waals surface area contributed by atoms with Crippen molar-refractivity contribution in [2.45, 2.75) is 0 Å². The van der Waals surface area contributed by atoms with Gasteiger partial charge < -0.3 is 30.7 Å². The van der Waals surface area contributed by atoms with Gasteiger partial charge in [-0.25, -0.2) is 0 Å². The summed E-state index contributed by atoms with van der Waals surface area (Å²) < 4.78 is 2.86. The van der Waals surface area contributed by atoms with E-state index in [0.717, 1.165) is 0 Å². The molecular formula is C2H4NO5Zn-. The number of carbonyl (C=O) groups is 2. The minimum atomic E-state index is -2.12. The molecule has 0 aliphatic rings. The van der Waals surface area contributed by atoms with Crippen LogP contribution >= 0.6 is 0 Å². The Morgan fingerprint density at radius 2 is 1.33 bits per heavy atom. The molecule has 7 heteroatoms. The minimum absolute atomic E-state index is 0. The number of quaternary nitrogens is 1. The van der Waals surface area contributed by atoms with Gasteiger partial charge >= 0.3 is 0 Å². The second-order valence-electron chi connectivity index (χ2n) is 0.602. The van der Waals surface area contributed by atoms with E-state index < -0.39 is 12.3 Å². The van der Waals surface area contributed by atoms with Gasteiger partial charge in [-0.15, -0.1) is 0 Å². The van der Waals surface area contributed by atoms with E-state index in [1.165, 1.54) is 0 Å². The Morgan fingerprint density at radius 1 is 1.11 bits per heavy atom. The Kier molecular flexibility index (Phi) is 12.8. The minimum Gasteiger partial charge on any atom is -0.483 e. The summed E-state index contributed by atoms with van der Waals surface area (Å²) >= 11 is 0. The van der Waals surface area contributed by atoms with Crippen molar-refractivity contribution in [2.75, 3.05) is 0 Å². The van der Waals surface area contributed by atoms with Crippen LogP contribution in [0.1, 0.15) is 0 Å². The second kappa shape index (κ2) is 7.32. The molecule has 0 amide bonds. The fourth-order valence-corrected chi connectivity index (χ4v) is 0.0680. The van der Waals surface area contributed by atoms with Crippen molar-refractivity contribution in [2.24, 2.45) is 0 Å². The van der Waals surface area contributed by atoms with Crippen molar-refractivity contribution in [3.63, 3.8) is 0 Å². The van der Waals surface area contributed by atoms with E-state index in [-0.39, 0.29) is 25.6 Å². The molecule has 0 aliphatic carbocycles. The zero-order valence-corrected chi connectivity index (χ0v) is 7.72. The first kappa shape index (κ1) is 15.8. The number of rotatable bonds is 0. The third-order valence-corrected chi connectivity index (χ3v) is 0.167. The molecule has 0 spiro atoms. The molecule has 0 aliphatic heterocycles. The molecule has 0 unspecified atom stereocenters. The summed E-state index contributed by atoms with van der Waals surface area (Å²) in [5.74, 6) is 0. The normalized spacial score (nSPS) is 5.78. The third-order valence-electron chi connectivity index (χ3n) is 0.167. The molecule has 6 nitrogen and oxygen atoms in total. The average Bonchev–Trinajstić information content (AvgIpc) is 1.27. The summed E-state index contributed by atoms with van der Waals surface area (Å²) in [6, 6.07) is 0. The van der Waals surface area contributed by atoms with Crippen LogP contribution in [0.4, 0.5) is 9.59 Å². The molecule has 0 atom stereocenters. The molecule has 0 heterocycles. The van der Waals surface area contributed by atoms with Crippen LogP contribution in [0.3, 0.4) is 0 Å². The maximum atomic E-state index is 9.06. The number of ether oxygens (including phenoxy) is 1. The molecule has 4 N–H and O–H groups in total. The maximum absolute atomic E-state index is 9.06. The summed E-state index contributed by atoms with van der Waals surface area (Å²) in [7, 11) is 0. The van der Waals surface area contributed by atoms with Crippen LogP contribution in [0.5, 0.6) is 0 Å². The standard InChI is InChI=1S/C2H2O5.H3N.Zn/c3-1(4)7-2(5)6;;/h(H,3,4)(H,5,6);1H3;/p-1. The Hall–Kier alpha value is -0.677. The smallest absolute Gasteiger partial charge is 0.259 e. The van der Waals surface area contributed by atoms with Crippen LogP contribution in [0.15, 0.2) is 0 Å². The van der Waals surface area contributed by atoms with E-state index in [2.05, 4.69) is 4.74 Å². The van der Waals surface area contributed by atoms with Gasteiger partial charge in [0.05, 0.1) is 0 Å². The Morgan fingerprint density at radius 3 is 1.33 bits per heavy atom. The predicted octanol–water partition coefficient (Wildman–Crippen LogP) is -1.94. The number of hydrogen-bond acceptors (Lipinski definition) is 5. The summed E-state index contributed by atoms with van der Waals surface area (Å²) in [5.41, 5.74) is 0. The van der Waals surface area contributed by atoms with Crippen LogP contribution in [0.2, 0.25) is 0 Å². The fourth-order valence-electron chi connectivity index (χ4n) is 0.0680. The first-order valence-corrected chi connectivity index (χ1v) is 1.22. The largest absolute Gasteiger partial charge is 0.483 e. The van der Waals surface area contributed by atoms with Crippen LogP contribution in [0, 0.1) is 0 Å². The quantitative estimate of drug-likeness (QED) is 0.268. The van der Waals surface area contributed by atoms with Crippen LogP contribution in [-0.2, 0) is 24.2 Å². The maximum Gasteiger partial charge on any atom is 0.259 e. The second-order valence-corrected chi connectivity index (χ2v) is 0.602. The summed E-state index contributed by atoms with van der Waals surface area (Å²) in [5, 5.41) is 18.1. The Bertz CT molecular complexity index is 91.1. The van der Waals surface area contributed by atoms with Gasteiger partial charge in [0, 0.05) is 19.5 Å². The summed E-state index contributed by atoms with van der Waals surface area (Å²) in [6.45, 7) is 0. The molecule has 0 aromatic rings. The zero-order valence-electron chi connectivity index (χ0n) is 4.75. The molecule has 0 saturated heterocycles. The summed E-state index contributed by atoms with van der Waals surface area (Å²) in [4.78, 5) is 18.1. The number of hydrogen-bond donors (Lipinski definition) is 1. The van der Waals surface area contributed by atoms with E-state index >= 15 is 0 Å². The molecule has 9 heavy (non-hydrogen) atoms. The number of carbonyl (C=O) groups excluding carboxylic acids is 2. The Balaban J connectivity index is -0.000000180. The predicted molar refractivity (Wildman–Crippen MR) is 17.9 cm³/mol. The van der Waals surface area contributed by atoms with Crippen molar-refractivity contribution in [3.8, 4) is 0 Å². The van der Waals surface area contributed by atoms with Crippen molar-refractivity contribution < 1.29 is 44.0 Å². The van der Waals surface area contributed by atoms with E-state index in [9.17, 15) is 0 Å². The van der Waals surface area contributed by atoms with Gasteiger partial charge in [0.15, 0.2) is 0 Å². The van der Waals surface area contributed by atoms with Crippen LogP contribution in [0.25, 0.3) is 0 Å². The molecule has 0 aromatic carbocycles. The van der Waals surface area contributed by atoms with Gasteiger partial charge in [-0.1, -0.05) is 0 Å². The molecule has 0 radical (unpaired) electrons. The average molecular weight is 187 g/mol. The van der Waals surface area contributed by atoms with Gasteiger partial charge in [0.25, 0.3) is 12.3 Å². The van der Waals surface area contributed by atoms with E-state index in [1.807, 2.05) is 0 Å². The van der Waals surface area contributed by atoms with Gasteiger partial charge in [0.2, 0.25) is 0 Å². The molecular weight excluding hydrogens is 183 g/mol. The fraction of sp³-hybridized carbons (Fsp3) is 0. The molecule has 0 aromatic heterocycles. The van der Waals surface area contributed by atoms with E-state index in [4.69, 9.17) is 19.8 Å². The SMILES string of the molecule is O=C([O-])OC(=O)[O-].[NH4+].[Zn]. The van der Waals surface area contributed by atoms with Crippen molar-refractivity contribution in [3.05, 3.63) is 0 Å². The van der Waals surface area contributed by atoms with Gasteiger partial charge in [-0.05, 0) is 0 Å². The molecule has 0 fully saturated rings. The number of carboxylic acid groups (broad SMARTS) is 2. The third kappa shape index (κ3) is 18.8. The molecule has 50 valence electrons. The van der Waals surface area contributed by atoms with E-state index in [1.54, 1.807) is 0 Å². The van der Waals surface area contributed by atoms with E-state index in [0.29, 0.717) is 0 Å². The first-order valence-electron chi connectivity index (χ1n) is 1.22. The van der Waals surface area contributed by atoms with Crippen LogP contribution < -0.4 is 16.4 Å². The monoisotopic (exact) mass is 186 g/mol. The Labute approximate surface area is 63.1 Å². The van der Waals surface area contributed by atoms with Gasteiger partial charge in [-0.2, -0.15) is 0 Å². The van der Waals surface area contributed by atoms with Crippen molar-refractivity contribution >= 4 is 12.3 Å².